The van der Waals surface area contributed by atoms with Gasteiger partial charge in [-0.05, 0) is 30.2 Å². The fraction of sp³-hybridized carbons (Fsp3) is 0.250. The van der Waals surface area contributed by atoms with Gasteiger partial charge in [-0.25, -0.2) is 4.98 Å². The first-order valence-corrected chi connectivity index (χ1v) is 9.71. The fourth-order valence-electron chi connectivity index (χ4n) is 2.76. The molecule has 0 N–H and O–H groups in total. The van der Waals surface area contributed by atoms with Gasteiger partial charge in [-0.3, -0.25) is 0 Å². The van der Waals surface area contributed by atoms with E-state index in [0.717, 1.165) is 5.56 Å². The van der Waals surface area contributed by atoms with Gasteiger partial charge in [-0.2, -0.15) is 8.42 Å². The Bertz CT molecular complexity index is 985. The lowest BCUT2D eigenvalue weighted by Gasteiger charge is -2.26. The number of rotatable bonds is 5. The van der Waals surface area contributed by atoms with Gasteiger partial charge < -0.3 is 8.75 Å². The van der Waals surface area contributed by atoms with Crippen molar-refractivity contribution in [1.29, 1.82) is 0 Å². The summed E-state index contributed by atoms with van der Waals surface area (Å²) in [6, 6.07) is 17.3. The molecule has 1 aromatic heterocycles. The van der Waals surface area contributed by atoms with Crippen molar-refractivity contribution in [3.8, 4) is 5.75 Å². The average molecular weight is 370 g/mol. The van der Waals surface area contributed by atoms with Crippen molar-refractivity contribution >= 4 is 10.1 Å². The minimum Gasteiger partial charge on any atom is -0.378 e. The van der Waals surface area contributed by atoms with Gasteiger partial charge in [0.15, 0.2) is 0 Å². The molecule has 6 heteroatoms. The third-order valence-corrected chi connectivity index (χ3v) is 5.74. The molecule has 0 spiro atoms. The summed E-state index contributed by atoms with van der Waals surface area (Å²) in [5, 5.41) is -0.0915. The van der Waals surface area contributed by atoms with Gasteiger partial charge in [0, 0.05) is 18.7 Å². The Morgan fingerprint density at radius 3 is 2.08 bits per heavy atom. The molecular formula is C20H22N2O3S. The molecule has 26 heavy (non-hydrogen) atoms. The van der Waals surface area contributed by atoms with Crippen LogP contribution in [0.1, 0.15) is 30.8 Å². The van der Waals surface area contributed by atoms with E-state index < -0.39 is 10.1 Å². The smallest absolute Gasteiger partial charge is 0.358 e. The molecule has 0 aliphatic heterocycles. The minimum absolute atomic E-state index is 0.0915. The maximum absolute atomic E-state index is 12.4. The van der Waals surface area contributed by atoms with Crippen LogP contribution < -0.4 is 4.18 Å². The summed E-state index contributed by atoms with van der Waals surface area (Å²) in [6.07, 6.45) is 1.44. The van der Waals surface area contributed by atoms with E-state index in [1.807, 2.05) is 30.3 Å². The van der Waals surface area contributed by atoms with E-state index in [0.29, 0.717) is 5.82 Å². The zero-order chi connectivity index (χ0) is 18.9. The molecule has 0 fully saturated rings. The number of nitrogens with zero attached hydrogens (tertiary/aromatic N) is 2. The predicted molar refractivity (Wildman–Crippen MR) is 101 cm³/mol. The lowest BCUT2D eigenvalue weighted by molar-refractivity contribution is 0.482. The van der Waals surface area contributed by atoms with E-state index in [9.17, 15) is 8.42 Å². The highest BCUT2D eigenvalue weighted by molar-refractivity contribution is 7.87. The van der Waals surface area contributed by atoms with E-state index in [1.54, 1.807) is 30.7 Å². The molecule has 0 radical (unpaired) electrons. The van der Waals surface area contributed by atoms with Gasteiger partial charge in [0.25, 0.3) is 0 Å². The summed E-state index contributed by atoms with van der Waals surface area (Å²) in [4.78, 5) is 4.02. The molecule has 0 bridgehead atoms. The number of aryl methyl sites for hydroxylation is 2. The first kappa shape index (κ1) is 18.2. The molecule has 2 aromatic carbocycles. The van der Waals surface area contributed by atoms with Crippen molar-refractivity contribution < 1.29 is 12.6 Å². The van der Waals surface area contributed by atoms with Crippen LogP contribution in [0, 0.1) is 6.92 Å². The molecule has 3 rings (SSSR count). The number of imidazole rings is 1. The quantitative estimate of drug-likeness (QED) is 0.641. The number of hydrogen-bond donors (Lipinski definition) is 0. The lowest BCUT2D eigenvalue weighted by atomic mass is 9.78. The minimum atomic E-state index is -3.95. The molecule has 1 heterocycles. The molecular weight excluding hydrogens is 348 g/mol. The molecule has 0 saturated heterocycles. The molecule has 5 nitrogen and oxygen atoms in total. The molecule has 0 amide bonds. The van der Waals surface area contributed by atoms with Crippen LogP contribution in [-0.4, -0.2) is 18.0 Å². The Morgan fingerprint density at radius 1 is 0.962 bits per heavy atom. The summed E-state index contributed by atoms with van der Waals surface area (Å²) in [5.74, 6) is 0.869. The van der Waals surface area contributed by atoms with Crippen LogP contribution in [0.25, 0.3) is 0 Å². The van der Waals surface area contributed by atoms with E-state index in [2.05, 4.69) is 31.0 Å². The Labute approximate surface area is 154 Å². The second kappa shape index (κ2) is 6.61. The molecule has 0 unspecified atom stereocenters. The van der Waals surface area contributed by atoms with Crippen molar-refractivity contribution in [2.45, 2.75) is 31.2 Å². The first-order chi connectivity index (χ1) is 12.2. The summed E-state index contributed by atoms with van der Waals surface area (Å²) in [7, 11) is -2.21. The van der Waals surface area contributed by atoms with E-state index >= 15 is 0 Å². The molecule has 0 aliphatic carbocycles. The highest BCUT2D eigenvalue weighted by Gasteiger charge is 2.24. The van der Waals surface area contributed by atoms with Crippen molar-refractivity contribution in [3.63, 3.8) is 0 Å². The standard InChI is InChI=1S/C20H22N2O3S/c1-15-21-19(14-22(15)4)26(23,24)25-18-12-10-17(11-13-18)20(2,3)16-8-6-5-7-9-16/h5-14H,1-4H3. The monoisotopic (exact) mass is 370 g/mol. The molecule has 3 aromatic rings. The Morgan fingerprint density at radius 2 is 1.54 bits per heavy atom. The summed E-state index contributed by atoms with van der Waals surface area (Å²) < 4.78 is 31.6. The zero-order valence-corrected chi connectivity index (χ0v) is 16.1. The van der Waals surface area contributed by atoms with Crippen molar-refractivity contribution in [1.82, 2.24) is 9.55 Å². The van der Waals surface area contributed by atoms with Crippen molar-refractivity contribution in [2.24, 2.45) is 7.05 Å². The van der Waals surface area contributed by atoms with E-state index in [4.69, 9.17) is 4.18 Å². The van der Waals surface area contributed by atoms with Gasteiger partial charge in [0.05, 0.1) is 0 Å². The van der Waals surface area contributed by atoms with Gasteiger partial charge in [-0.15, -0.1) is 0 Å². The molecule has 136 valence electrons. The van der Waals surface area contributed by atoms with Crippen molar-refractivity contribution in [2.75, 3.05) is 0 Å². The largest absolute Gasteiger partial charge is 0.378 e. The van der Waals surface area contributed by atoms with Crippen LogP contribution in [0.2, 0.25) is 0 Å². The van der Waals surface area contributed by atoms with Crippen LogP contribution in [0.5, 0.6) is 5.75 Å². The lowest BCUT2D eigenvalue weighted by Crippen LogP contribution is -2.18. The fourth-order valence-corrected chi connectivity index (χ4v) is 3.75. The zero-order valence-electron chi connectivity index (χ0n) is 15.3. The second-order valence-corrected chi connectivity index (χ2v) is 8.28. The normalized spacial score (nSPS) is 12.2. The molecule has 0 atom stereocenters. The molecule has 0 saturated carbocycles. The van der Waals surface area contributed by atoms with E-state index in [1.165, 1.54) is 11.8 Å². The summed E-state index contributed by atoms with van der Waals surface area (Å²) in [5.41, 5.74) is 2.06. The maximum Gasteiger partial charge on any atom is 0.358 e. The first-order valence-electron chi connectivity index (χ1n) is 8.31. The van der Waals surface area contributed by atoms with Crippen LogP contribution in [0.3, 0.4) is 0 Å². The molecule has 0 aliphatic rings. The van der Waals surface area contributed by atoms with Gasteiger partial charge in [0.2, 0.25) is 5.03 Å². The van der Waals surface area contributed by atoms with E-state index in [-0.39, 0.29) is 16.2 Å². The number of aromatic nitrogens is 2. The van der Waals surface area contributed by atoms with Crippen LogP contribution >= 0.6 is 0 Å². The third kappa shape index (κ3) is 3.51. The highest BCUT2D eigenvalue weighted by atomic mass is 32.2. The van der Waals surface area contributed by atoms with Crippen LogP contribution in [-0.2, 0) is 22.6 Å². The maximum atomic E-state index is 12.4. The number of benzene rings is 2. The van der Waals surface area contributed by atoms with Crippen molar-refractivity contribution in [3.05, 3.63) is 77.7 Å². The Kier molecular flexibility index (Phi) is 4.63. The second-order valence-electron chi connectivity index (χ2n) is 6.79. The Hall–Kier alpha value is -2.60. The van der Waals surface area contributed by atoms with Crippen LogP contribution in [0.4, 0.5) is 0 Å². The average Bonchev–Trinajstić information content (AvgIpc) is 2.96. The van der Waals surface area contributed by atoms with Gasteiger partial charge in [0.1, 0.15) is 11.6 Å². The topological polar surface area (TPSA) is 61.2 Å². The third-order valence-electron chi connectivity index (χ3n) is 4.62. The predicted octanol–water partition coefficient (Wildman–Crippen LogP) is 3.82. The summed E-state index contributed by atoms with van der Waals surface area (Å²) >= 11 is 0. The SMILES string of the molecule is Cc1nc(S(=O)(=O)Oc2ccc(C(C)(C)c3ccccc3)cc2)cn1C. The summed E-state index contributed by atoms with van der Waals surface area (Å²) in [6.45, 7) is 6.00. The Balaban J connectivity index is 1.84. The highest BCUT2D eigenvalue weighted by Crippen LogP contribution is 2.32. The number of hydrogen-bond acceptors (Lipinski definition) is 4. The van der Waals surface area contributed by atoms with Gasteiger partial charge in [-0.1, -0.05) is 56.3 Å². The van der Waals surface area contributed by atoms with Gasteiger partial charge >= 0.3 is 10.1 Å². The van der Waals surface area contributed by atoms with Crippen LogP contribution in [0.15, 0.2) is 65.8 Å².